The molecule has 1 aromatic heterocycles. The maximum Gasteiger partial charge on any atom is 0.270 e. The fraction of sp³-hybridized carbons (Fsp3) is 0.267. The van der Waals surface area contributed by atoms with Crippen LogP contribution in [0.3, 0.4) is 0 Å². The Kier molecular flexibility index (Phi) is 5.62. The number of nitro benzene ring substituents is 1. The van der Waals surface area contributed by atoms with E-state index >= 15 is 0 Å². The standard InChI is InChI=1S/C15H16N2O4S/c1-21-7-6-16(10-12-5-8-22-11-12)15(18)13-3-2-4-14(9-13)17(19)20/h2-5,8-9,11H,6-7,10H2,1H3. The Labute approximate surface area is 132 Å². The largest absolute Gasteiger partial charge is 0.383 e. The second kappa shape index (κ2) is 7.67. The number of carbonyl (C=O) groups excluding carboxylic acids is 1. The van der Waals surface area contributed by atoms with Crippen molar-refractivity contribution >= 4 is 22.9 Å². The van der Waals surface area contributed by atoms with Crippen molar-refractivity contribution in [2.45, 2.75) is 6.54 Å². The highest BCUT2D eigenvalue weighted by Crippen LogP contribution is 2.17. The zero-order valence-corrected chi connectivity index (χ0v) is 12.9. The van der Waals surface area contributed by atoms with Crippen LogP contribution in [0.5, 0.6) is 0 Å². The van der Waals surface area contributed by atoms with E-state index in [1.54, 1.807) is 29.4 Å². The predicted molar refractivity (Wildman–Crippen MR) is 84.0 cm³/mol. The summed E-state index contributed by atoms with van der Waals surface area (Å²) in [6, 6.07) is 7.73. The van der Waals surface area contributed by atoms with Crippen LogP contribution in [0, 0.1) is 10.1 Å². The van der Waals surface area contributed by atoms with Crippen LogP contribution in [0.1, 0.15) is 15.9 Å². The van der Waals surface area contributed by atoms with E-state index in [-0.39, 0.29) is 11.6 Å². The fourth-order valence-corrected chi connectivity index (χ4v) is 2.65. The summed E-state index contributed by atoms with van der Waals surface area (Å²) in [5, 5.41) is 14.8. The van der Waals surface area contributed by atoms with E-state index < -0.39 is 4.92 Å². The first kappa shape index (κ1) is 16.1. The number of carbonyl (C=O) groups is 1. The average Bonchev–Trinajstić information content (AvgIpc) is 3.04. The summed E-state index contributed by atoms with van der Waals surface area (Å²) in [5.41, 5.74) is 1.24. The quantitative estimate of drug-likeness (QED) is 0.581. The molecule has 1 amide bonds. The number of methoxy groups -OCH3 is 1. The molecule has 1 aromatic carbocycles. The first-order valence-corrected chi connectivity index (χ1v) is 7.60. The molecule has 1 heterocycles. The summed E-state index contributed by atoms with van der Waals surface area (Å²) in [7, 11) is 1.57. The summed E-state index contributed by atoms with van der Waals surface area (Å²) >= 11 is 1.56. The summed E-state index contributed by atoms with van der Waals surface area (Å²) in [6.45, 7) is 1.28. The lowest BCUT2D eigenvalue weighted by atomic mass is 10.1. The minimum Gasteiger partial charge on any atom is -0.383 e. The van der Waals surface area contributed by atoms with E-state index in [4.69, 9.17) is 4.74 Å². The van der Waals surface area contributed by atoms with Gasteiger partial charge < -0.3 is 9.64 Å². The normalized spacial score (nSPS) is 10.4. The SMILES string of the molecule is COCCN(Cc1ccsc1)C(=O)c1cccc([N+](=O)[O-])c1. The highest BCUT2D eigenvalue weighted by Gasteiger charge is 2.18. The molecular weight excluding hydrogens is 304 g/mol. The minimum absolute atomic E-state index is 0.0897. The maximum atomic E-state index is 12.6. The van der Waals surface area contributed by atoms with E-state index in [0.717, 1.165) is 5.56 Å². The van der Waals surface area contributed by atoms with Gasteiger partial charge in [-0.05, 0) is 28.5 Å². The number of benzene rings is 1. The molecule has 0 aliphatic rings. The third-order valence-electron chi connectivity index (χ3n) is 3.11. The van der Waals surface area contributed by atoms with Gasteiger partial charge in [0, 0.05) is 37.9 Å². The average molecular weight is 320 g/mol. The smallest absolute Gasteiger partial charge is 0.270 e. The minimum atomic E-state index is -0.505. The number of amides is 1. The Hall–Kier alpha value is -2.25. The van der Waals surface area contributed by atoms with Gasteiger partial charge in [0.05, 0.1) is 11.5 Å². The number of nitrogens with zero attached hydrogens (tertiary/aromatic N) is 2. The van der Waals surface area contributed by atoms with Gasteiger partial charge in [0.2, 0.25) is 0 Å². The van der Waals surface area contributed by atoms with Gasteiger partial charge in [-0.15, -0.1) is 0 Å². The van der Waals surface area contributed by atoms with Crippen molar-refractivity contribution in [3.05, 3.63) is 62.3 Å². The molecular formula is C15H16N2O4S. The first-order chi connectivity index (χ1) is 10.6. The first-order valence-electron chi connectivity index (χ1n) is 6.65. The van der Waals surface area contributed by atoms with Gasteiger partial charge in [0.1, 0.15) is 0 Å². The Morgan fingerprint density at radius 2 is 2.23 bits per heavy atom. The van der Waals surface area contributed by atoms with Crippen molar-refractivity contribution < 1.29 is 14.5 Å². The number of rotatable bonds is 7. The monoisotopic (exact) mass is 320 g/mol. The molecule has 2 rings (SSSR count). The van der Waals surface area contributed by atoms with Gasteiger partial charge in [0.25, 0.3) is 11.6 Å². The van der Waals surface area contributed by atoms with Gasteiger partial charge in [-0.1, -0.05) is 6.07 Å². The summed E-state index contributed by atoms with van der Waals surface area (Å²) in [5.74, 6) is -0.244. The van der Waals surface area contributed by atoms with Crippen molar-refractivity contribution in [1.82, 2.24) is 4.90 Å². The highest BCUT2D eigenvalue weighted by molar-refractivity contribution is 7.07. The number of nitro groups is 1. The van der Waals surface area contributed by atoms with Crippen molar-refractivity contribution in [1.29, 1.82) is 0 Å². The van der Waals surface area contributed by atoms with Crippen molar-refractivity contribution in [2.75, 3.05) is 20.3 Å². The van der Waals surface area contributed by atoms with Gasteiger partial charge in [-0.3, -0.25) is 14.9 Å². The molecule has 0 atom stereocenters. The number of thiophene rings is 1. The molecule has 0 radical (unpaired) electrons. The molecule has 0 fully saturated rings. The molecule has 0 unspecified atom stereocenters. The Bertz CT molecular complexity index is 643. The molecule has 116 valence electrons. The van der Waals surface area contributed by atoms with Gasteiger partial charge in [-0.25, -0.2) is 0 Å². The Morgan fingerprint density at radius 1 is 1.41 bits per heavy atom. The number of hydrogen-bond acceptors (Lipinski definition) is 5. The lowest BCUT2D eigenvalue weighted by molar-refractivity contribution is -0.384. The Balaban J connectivity index is 2.20. The second-order valence-electron chi connectivity index (χ2n) is 4.66. The molecule has 0 saturated heterocycles. The molecule has 22 heavy (non-hydrogen) atoms. The van der Waals surface area contributed by atoms with Crippen LogP contribution in [0.25, 0.3) is 0 Å². The molecule has 0 aliphatic heterocycles. The van der Waals surface area contributed by atoms with E-state index in [2.05, 4.69) is 0 Å². The second-order valence-corrected chi connectivity index (χ2v) is 5.44. The third kappa shape index (κ3) is 4.12. The molecule has 0 N–H and O–H groups in total. The molecule has 0 bridgehead atoms. The van der Waals surface area contributed by atoms with Crippen LogP contribution < -0.4 is 0 Å². The van der Waals surface area contributed by atoms with Crippen LogP contribution in [0.2, 0.25) is 0 Å². The van der Waals surface area contributed by atoms with E-state index in [0.29, 0.717) is 25.3 Å². The maximum absolute atomic E-state index is 12.6. The van der Waals surface area contributed by atoms with Crippen LogP contribution in [-0.4, -0.2) is 36.0 Å². The highest BCUT2D eigenvalue weighted by atomic mass is 32.1. The lowest BCUT2D eigenvalue weighted by Crippen LogP contribution is -2.33. The van der Waals surface area contributed by atoms with E-state index in [1.807, 2.05) is 16.8 Å². The van der Waals surface area contributed by atoms with Crippen LogP contribution in [0.4, 0.5) is 5.69 Å². The topological polar surface area (TPSA) is 72.7 Å². The number of non-ortho nitro benzene ring substituents is 1. The van der Waals surface area contributed by atoms with E-state index in [9.17, 15) is 14.9 Å². The Morgan fingerprint density at radius 3 is 2.86 bits per heavy atom. The van der Waals surface area contributed by atoms with Crippen molar-refractivity contribution in [2.24, 2.45) is 0 Å². The number of hydrogen-bond donors (Lipinski definition) is 0. The zero-order chi connectivity index (χ0) is 15.9. The molecule has 7 heteroatoms. The summed E-state index contributed by atoms with van der Waals surface area (Å²) < 4.78 is 5.04. The van der Waals surface area contributed by atoms with Gasteiger partial charge in [0.15, 0.2) is 0 Å². The summed E-state index contributed by atoms with van der Waals surface area (Å²) in [6.07, 6.45) is 0. The van der Waals surface area contributed by atoms with E-state index in [1.165, 1.54) is 18.2 Å². The predicted octanol–water partition coefficient (Wildman–Crippen LogP) is 2.95. The summed E-state index contributed by atoms with van der Waals surface area (Å²) in [4.78, 5) is 24.6. The molecule has 0 aliphatic carbocycles. The van der Waals surface area contributed by atoms with Crippen LogP contribution in [-0.2, 0) is 11.3 Å². The molecule has 0 spiro atoms. The third-order valence-corrected chi connectivity index (χ3v) is 3.84. The van der Waals surface area contributed by atoms with Crippen molar-refractivity contribution in [3.8, 4) is 0 Å². The zero-order valence-electron chi connectivity index (χ0n) is 12.1. The van der Waals surface area contributed by atoms with Crippen molar-refractivity contribution in [3.63, 3.8) is 0 Å². The fourth-order valence-electron chi connectivity index (χ4n) is 1.99. The van der Waals surface area contributed by atoms with Gasteiger partial charge in [-0.2, -0.15) is 11.3 Å². The van der Waals surface area contributed by atoms with Crippen LogP contribution >= 0.6 is 11.3 Å². The van der Waals surface area contributed by atoms with Gasteiger partial charge >= 0.3 is 0 Å². The number of ether oxygens (including phenoxy) is 1. The molecule has 0 saturated carbocycles. The lowest BCUT2D eigenvalue weighted by Gasteiger charge is -2.22. The molecule has 2 aromatic rings. The molecule has 6 nitrogen and oxygen atoms in total. The van der Waals surface area contributed by atoms with Crippen LogP contribution in [0.15, 0.2) is 41.1 Å².